The highest BCUT2D eigenvalue weighted by Gasteiger charge is 2.19. The van der Waals surface area contributed by atoms with E-state index in [-0.39, 0.29) is 11.8 Å². The van der Waals surface area contributed by atoms with Gasteiger partial charge in [0.2, 0.25) is 11.8 Å². The number of amides is 2. The molecule has 2 aromatic rings. The lowest BCUT2D eigenvalue weighted by molar-refractivity contribution is -0.122. The molecular weight excluding hydrogens is 306 g/mol. The van der Waals surface area contributed by atoms with Crippen LogP contribution in [0.5, 0.6) is 0 Å². The number of imidazole rings is 1. The van der Waals surface area contributed by atoms with Crippen molar-refractivity contribution in [3.63, 3.8) is 0 Å². The average molecular weight is 327 g/mol. The van der Waals surface area contributed by atoms with Crippen LogP contribution in [0.1, 0.15) is 23.9 Å². The van der Waals surface area contributed by atoms with Crippen molar-refractivity contribution in [2.75, 3.05) is 18.4 Å². The summed E-state index contributed by atoms with van der Waals surface area (Å²) in [7, 11) is 0. The monoisotopic (exact) mass is 327 g/mol. The number of fused-ring (bicyclic) bond motifs is 1. The van der Waals surface area contributed by atoms with Crippen LogP contribution >= 0.6 is 0 Å². The summed E-state index contributed by atoms with van der Waals surface area (Å²) in [6.07, 6.45) is 2.58. The zero-order valence-corrected chi connectivity index (χ0v) is 13.6. The van der Waals surface area contributed by atoms with E-state index in [0.29, 0.717) is 13.1 Å². The van der Waals surface area contributed by atoms with Gasteiger partial charge in [-0.15, -0.1) is 0 Å². The van der Waals surface area contributed by atoms with Crippen LogP contribution in [0.25, 0.3) is 0 Å². The van der Waals surface area contributed by atoms with E-state index >= 15 is 0 Å². The zero-order valence-electron chi connectivity index (χ0n) is 13.6. The normalized spacial score (nSPS) is 14.0. The molecule has 0 fully saturated rings. The zero-order chi connectivity index (χ0) is 16.9. The fraction of sp³-hybridized carbons (Fsp3) is 0.353. The molecule has 1 aromatic heterocycles. The number of anilines is 1. The predicted molar refractivity (Wildman–Crippen MR) is 90.2 cm³/mol. The van der Waals surface area contributed by atoms with E-state index in [0.717, 1.165) is 42.1 Å². The summed E-state index contributed by atoms with van der Waals surface area (Å²) in [6, 6.07) is 7.44. The Bertz CT molecular complexity index is 723. The van der Waals surface area contributed by atoms with Gasteiger partial charge in [-0.2, -0.15) is 0 Å². The topological polar surface area (TPSA) is 90.1 Å². The van der Waals surface area contributed by atoms with E-state index in [4.69, 9.17) is 0 Å². The molecule has 7 nitrogen and oxygen atoms in total. The first-order valence-corrected chi connectivity index (χ1v) is 7.97. The van der Waals surface area contributed by atoms with Gasteiger partial charge in [-0.25, -0.2) is 4.98 Å². The number of benzene rings is 1. The van der Waals surface area contributed by atoms with E-state index in [1.165, 1.54) is 6.92 Å². The average Bonchev–Trinajstić information content (AvgIpc) is 3.01. The van der Waals surface area contributed by atoms with Crippen LogP contribution in [0.3, 0.4) is 0 Å². The second kappa shape index (κ2) is 7.27. The van der Waals surface area contributed by atoms with Gasteiger partial charge in [-0.3, -0.25) is 14.5 Å². The molecule has 0 unspecified atom stereocenters. The number of hydrogen-bond acceptors (Lipinski definition) is 4. The molecule has 3 N–H and O–H groups in total. The van der Waals surface area contributed by atoms with E-state index in [1.807, 2.05) is 24.3 Å². The Labute approximate surface area is 140 Å². The maximum atomic E-state index is 12.1. The van der Waals surface area contributed by atoms with Gasteiger partial charge in [-0.05, 0) is 17.7 Å². The molecule has 2 amide bonds. The van der Waals surface area contributed by atoms with Gasteiger partial charge < -0.3 is 15.6 Å². The van der Waals surface area contributed by atoms with Crippen molar-refractivity contribution in [3.8, 4) is 0 Å². The second-order valence-corrected chi connectivity index (χ2v) is 5.94. The van der Waals surface area contributed by atoms with E-state index in [9.17, 15) is 9.59 Å². The Hall–Kier alpha value is -2.67. The summed E-state index contributed by atoms with van der Waals surface area (Å²) in [5, 5.41) is 5.65. The smallest absolute Gasteiger partial charge is 0.234 e. The third-order valence-electron chi connectivity index (χ3n) is 3.99. The van der Waals surface area contributed by atoms with Crippen molar-refractivity contribution >= 4 is 17.5 Å². The van der Waals surface area contributed by atoms with Gasteiger partial charge in [0.15, 0.2) is 0 Å². The largest absolute Gasteiger partial charge is 0.351 e. The van der Waals surface area contributed by atoms with Crippen molar-refractivity contribution in [2.24, 2.45) is 0 Å². The molecule has 1 aromatic carbocycles. The molecule has 0 saturated heterocycles. The molecule has 126 valence electrons. The van der Waals surface area contributed by atoms with Gasteiger partial charge >= 0.3 is 0 Å². The number of aromatic amines is 1. The molecule has 2 heterocycles. The third-order valence-corrected chi connectivity index (χ3v) is 3.99. The van der Waals surface area contributed by atoms with Crippen LogP contribution in [-0.4, -0.2) is 39.8 Å². The van der Waals surface area contributed by atoms with Gasteiger partial charge in [0.05, 0.1) is 24.3 Å². The van der Waals surface area contributed by atoms with Crippen LogP contribution in [-0.2, 0) is 29.1 Å². The van der Waals surface area contributed by atoms with E-state index in [1.54, 1.807) is 6.33 Å². The number of nitrogens with zero attached hydrogens (tertiary/aromatic N) is 2. The van der Waals surface area contributed by atoms with Crippen molar-refractivity contribution in [3.05, 3.63) is 47.5 Å². The standard InChI is InChI=1S/C17H21N5O2/c1-12(23)21-14-4-2-13(3-5-14)8-18-17(24)10-22-7-6-15-16(9-22)20-11-19-15/h2-5,11H,6-10H2,1H3,(H,18,24)(H,19,20)(H,21,23). The number of nitrogens with one attached hydrogen (secondary N) is 3. The fourth-order valence-corrected chi connectivity index (χ4v) is 2.77. The van der Waals surface area contributed by atoms with Gasteiger partial charge in [-0.1, -0.05) is 12.1 Å². The highest BCUT2D eigenvalue weighted by Crippen LogP contribution is 2.14. The van der Waals surface area contributed by atoms with Gasteiger partial charge in [0, 0.05) is 38.7 Å². The lowest BCUT2D eigenvalue weighted by Crippen LogP contribution is -2.39. The second-order valence-electron chi connectivity index (χ2n) is 5.94. The molecule has 7 heteroatoms. The summed E-state index contributed by atoms with van der Waals surface area (Å²) in [5.74, 6) is -0.0955. The molecule has 0 bridgehead atoms. The van der Waals surface area contributed by atoms with Crippen LogP contribution in [0.4, 0.5) is 5.69 Å². The maximum absolute atomic E-state index is 12.1. The number of rotatable bonds is 5. The van der Waals surface area contributed by atoms with Crippen LogP contribution < -0.4 is 10.6 Å². The van der Waals surface area contributed by atoms with Crippen LogP contribution in [0.2, 0.25) is 0 Å². The molecule has 0 spiro atoms. The summed E-state index contributed by atoms with van der Waals surface area (Å²) >= 11 is 0. The highest BCUT2D eigenvalue weighted by molar-refractivity contribution is 5.88. The molecule has 3 rings (SSSR count). The summed E-state index contributed by atoms with van der Waals surface area (Å²) in [5.41, 5.74) is 3.95. The first-order chi connectivity index (χ1) is 11.6. The Balaban J connectivity index is 1.45. The minimum absolute atomic E-state index is 0.00361. The SMILES string of the molecule is CC(=O)Nc1ccc(CNC(=O)CN2CCc3nc[nH]c3C2)cc1. The van der Waals surface area contributed by atoms with Gasteiger partial charge in [0.1, 0.15) is 0 Å². The number of carbonyl (C=O) groups excluding carboxylic acids is 2. The first kappa shape index (κ1) is 16.2. The Morgan fingerprint density at radius 1 is 1.29 bits per heavy atom. The summed E-state index contributed by atoms with van der Waals surface area (Å²) in [4.78, 5) is 32.6. The quantitative estimate of drug-likeness (QED) is 0.765. The predicted octanol–water partition coefficient (Wildman–Crippen LogP) is 1.04. The van der Waals surface area contributed by atoms with Crippen molar-refractivity contribution in [1.29, 1.82) is 0 Å². The highest BCUT2D eigenvalue weighted by atomic mass is 16.2. The summed E-state index contributed by atoms with van der Waals surface area (Å²) < 4.78 is 0. The molecule has 0 saturated carbocycles. The minimum atomic E-state index is -0.0991. The van der Waals surface area contributed by atoms with E-state index < -0.39 is 0 Å². The molecule has 1 aliphatic rings. The lowest BCUT2D eigenvalue weighted by Gasteiger charge is -2.25. The summed E-state index contributed by atoms with van der Waals surface area (Å²) in [6.45, 7) is 3.90. The minimum Gasteiger partial charge on any atom is -0.351 e. The molecular formula is C17H21N5O2. The first-order valence-electron chi connectivity index (χ1n) is 7.97. The maximum Gasteiger partial charge on any atom is 0.234 e. The van der Waals surface area contributed by atoms with Crippen molar-refractivity contribution in [2.45, 2.75) is 26.4 Å². The molecule has 0 aliphatic carbocycles. The van der Waals surface area contributed by atoms with Crippen LogP contribution in [0.15, 0.2) is 30.6 Å². The number of carbonyl (C=O) groups is 2. The molecule has 1 aliphatic heterocycles. The van der Waals surface area contributed by atoms with E-state index in [2.05, 4.69) is 25.5 Å². The molecule has 24 heavy (non-hydrogen) atoms. The Kier molecular flexibility index (Phi) is 4.90. The third kappa shape index (κ3) is 4.20. The number of hydrogen-bond donors (Lipinski definition) is 3. The van der Waals surface area contributed by atoms with Crippen LogP contribution in [0, 0.1) is 0 Å². The number of aromatic nitrogens is 2. The Morgan fingerprint density at radius 2 is 2.08 bits per heavy atom. The Morgan fingerprint density at radius 3 is 2.83 bits per heavy atom. The molecule has 0 atom stereocenters. The lowest BCUT2D eigenvalue weighted by atomic mass is 10.1. The van der Waals surface area contributed by atoms with Crippen molar-refractivity contribution < 1.29 is 9.59 Å². The fourth-order valence-electron chi connectivity index (χ4n) is 2.77. The van der Waals surface area contributed by atoms with Gasteiger partial charge in [0.25, 0.3) is 0 Å². The number of H-pyrrole nitrogens is 1. The van der Waals surface area contributed by atoms with Crippen molar-refractivity contribution in [1.82, 2.24) is 20.2 Å². The molecule has 0 radical (unpaired) electrons.